The van der Waals surface area contributed by atoms with Crippen molar-refractivity contribution in [3.63, 3.8) is 0 Å². The maximum atomic E-state index is 11.3. The first-order valence-electron chi connectivity index (χ1n) is 7.65. The molecule has 7 heteroatoms. The van der Waals surface area contributed by atoms with Crippen LogP contribution in [-0.4, -0.2) is 57.0 Å². The second kappa shape index (κ2) is 6.84. The van der Waals surface area contributed by atoms with Crippen molar-refractivity contribution in [2.45, 2.75) is 0 Å². The van der Waals surface area contributed by atoms with Crippen LogP contribution in [0.2, 0.25) is 0 Å². The van der Waals surface area contributed by atoms with Gasteiger partial charge in [0.15, 0.2) is 0 Å². The lowest BCUT2D eigenvalue weighted by atomic mass is 10.1. The summed E-state index contributed by atoms with van der Waals surface area (Å²) < 4.78 is 29.8. The molecule has 0 bridgehead atoms. The number of benzene rings is 2. The SMILES string of the molecule is NS(=O)(=O)N1CCN(CCOc2cccc3ccccc23)CC1. The number of fused-ring (bicyclic) bond motifs is 1. The standard InChI is InChI=1S/C16H21N3O3S/c17-23(20,21)19-10-8-18(9-11-19)12-13-22-16-7-3-5-14-4-1-2-6-15(14)16/h1-7H,8-13H2,(H2,17,20,21). The monoisotopic (exact) mass is 335 g/mol. The highest BCUT2D eigenvalue weighted by molar-refractivity contribution is 7.86. The van der Waals surface area contributed by atoms with E-state index in [1.807, 2.05) is 24.3 Å². The highest BCUT2D eigenvalue weighted by atomic mass is 32.2. The van der Waals surface area contributed by atoms with Gasteiger partial charge in [-0.15, -0.1) is 0 Å². The molecule has 0 saturated carbocycles. The maximum absolute atomic E-state index is 11.3. The molecule has 0 radical (unpaired) electrons. The van der Waals surface area contributed by atoms with Gasteiger partial charge < -0.3 is 4.74 Å². The predicted molar refractivity (Wildman–Crippen MR) is 90.6 cm³/mol. The highest BCUT2D eigenvalue weighted by Crippen LogP contribution is 2.25. The highest BCUT2D eigenvalue weighted by Gasteiger charge is 2.23. The van der Waals surface area contributed by atoms with Crippen LogP contribution in [0.3, 0.4) is 0 Å². The van der Waals surface area contributed by atoms with E-state index in [-0.39, 0.29) is 0 Å². The fourth-order valence-electron chi connectivity index (χ4n) is 2.81. The molecule has 0 spiro atoms. The van der Waals surface area contributed by atoms with Crippen molar-refractivity contribution in [2.75, 3.05) is 39.3 Å². The van der Waals surface area contributed by atoms with Gasteiger partial charge in [0.25, 0.3) is 10.2 Å². The minimum atomic E-state index is -3.56. The molecule has 2 aromatic rings. The summed E-state index contributed by atoms with van der Waals surface area (Å²) in [6.07, 6.45) is 0. The van der Waals surface area contributed by atoms with E-state index in [0.717, 1.165) is 23.1 Å². The van der Waals surface area contributed by atoms with Gasteiger partial charge in [-0.05, 0) is 11.5 Å². The summed E-state index contributed by atoms with van der Waals surface area (Å²) in [5.41, 5.74) is 0. The number of hydrogen-bond donors (Lipinski definition) is 1. The third-order valence-electron chi connectivity index (χ3n) is 4.11. The summed E-state index contributed by atoms with van der Waals surface area (Å²) in [5.74, 6) is 0.881. The molecule has 2 N–H and O–H groups in total. The summed E-state index contributed by atoms with van der Waals surface area (Å²) >= 11 is 0. The lowest BCUT2D eigenvalue weighted by Crippen LogP contribution is -2.51. The molecular formula is C16H21N3O3S. The van der Waals surface area contributed by atoms with Crippen molar-refractivity contribution in [3.05, 3.63) is 42.5 Å². The second-order valence-electron chi connectivity index (χ2n) is 5.61. The molecule has 2 aromatic carbocycles. The van der Waals surface area contributed by atoms with Crippen LogP contribution >= 0.6 is 0 Å². The average molecular weight is 335 g/mol. The van der Waals surface area contributed by atoms with Crippen LogP contribution in [-0.2, 0) is 10.2 Å². The van der Waals surface area contributed by atoms with Gasteiger partial charge in [0.1, 0.15) is 12.4 Å². The van der Waals surface area contributed by atoms with Crippen LogP contribution in [0.25, 0.3) is 10.8 Å². The van der Waals surface area contributed by atoms with Crippen molar-refractivity contribution in [1.82, 2.24) is 9.21 Å². The van der Waals surface area contributed by atoms with Crippen molar-refractivity contribution in [1.29, 1.82) is 0 Å². The molecule has 3 rings (SSSR count). The van der Waals surface area contributed by atoms with Crippen LogP contribution in [0, 0.1) is 0 Å². The van der Waals surface area contributed by atoms with Crippen molar-refractivity contribution < 1.29 is 13.2 Å². The number of piperazine rings is 1. The summed E-state index contributed by atoms with van der Waals surface area (Å²) in [6, 6.07) is 14.2. The van der Waals surface area contributed by atoms with E-state index in [4.69, 9.17) is 9.88 Å². The Hall–Kier alpha value is -1.67. The number of ether oxygens (including phenoxy) is 1. The van der Waals surface area contributed by atoms with E-state index in [1.54, 1.807) is 0 Å². The molecule has 0 amide bonds. The van der Waals surface area contributed by atoms with Crippen LogP contribution in [0.5, 0.6) is 5.75 Å². The molecule has 0 aliphatic carbocycles. The molecule has 0 atom stereocenters. The first kappa shape index (κ1) is 16.2. The largest absolute Gasteiger partial charge is 0.492 e. The molecule has 1 aliphatic rings. The van der Waals surface area contributed by atoms with Gasteiger partial charge in [-0.25, -0.2) is 5.14 Å². The first-order chi connectivity index (χ1) is 11.0. The average Bonchev–Trinajstić information content (AvgIpc) is 2.55. The fraction of sp³-hybridized carbons (Fsp3) is 0.375. The predicted octanol–water partition coefficient (Wildman–Crippen LogP) is 1.04. The van der Waals surface area contributed by atoms with Crippen molar-refractivity contribution >= 4 is 21.0 Å². The zero-order valence-electron chi connectivity index (χ0n) is 12.9. The van der Waals surface area contributed by atoms with Gasteiger partial charge in [0.05, 0.1) is 0 Å². The minimum Gasteiger partial charge on any atom is -0.492 e. The topological polar surface area (TPSA) is 75.9 Å². The van der Waals surface area contributed by atoms with E-state index in [9.17, 15) is 8.42 Å². The fourth-order valence-corrected chi connectivity index (χ4v) is 3.49. The summed E-state index contributed by atoms with van der Waals surface area (Å²) in [7, 11) is -3.56. The lowest BCUT2D eigenvalue weighted by Gasteiger charge is -2.32. The molecule has 1 fully saturated rings. The molecule has 0 aromatic heterocycles. The molecule has 124 valence electrons. The van der Waals surface area contributed by atoms with Crippen LogP contribution in [0.1, 0.15) is 0 Å². The summed E-state index contributed by atoms with van der Waals surface area (Å²) in [4.78, 5) is 2.19. The van der Waals surface area contributed by atoms with E-state index in [1.165, 1.54) is 4.31 Å². The number of hydrogen-bond acceptors (Lipinski definition) is 4. The van der Waals surface area contributed by atoms with Crippen LogP contribution in [0.15, 0.2) is 42.5 Å². The van der Waals surface area contributed by atoms with Gasteiger partial charge >= 0.3 is 0 Å². The zero-order chi connectivity index (χ0) is 16.3. The van der Waals surface area contributed by atoms with E-state index >= 15 is 0 Å². The van der Waals surface area contributed by atoms with E-state index in [2.05, 4.69) is 23.1 Å². The molecular weight excluding hydrogens is 314 g/mol. The quantitative estimate of drug-likeness (QED) is 0.886. The lowest BCUT2D eigenvalue weighted by molar-refractivity contribution is 0.159. The summed E-state index contributed by atoms with van der Waals surface area (Å²) in [5, 5.41) is 7.40. The Morgan fingerprint density at radius 3 is 2.43 bits per heavy atom. The normalized spacial score (nSPS) is 17.4. The maximum Gasteiger partial charge on any atom is 0.276 e. The molecule has 0 unspecified atom stereocenters. The number of nitrogens with zero attached hydrogens (tertiary/aromatic N) is 2. The zero-order valence-corrected chi connectivity index (χ0v) is 13.7. The Balaban J connectivity index is 1.52. The summed E-state index contributed by atoms with van der Waals surface area (Å²) in [6.45, 7) is 3.57. The minimum absolute atomic E-state index is 0.438. The van der Waals surface area contributed by atoms with Crippen molar-refractivity contribution in [2.24, 2.45) is 5.14 Å². The van der Waals surface area contributed by atoms with E-state index < -0.39 is 10.2 Å². The molecule has 1 heterocycles. The molecule has 1 aliphatic heterocycles. The van der Waals surface area contributed by atoms with Crippen LogP contribution < -0.4 is 9.88 Å². The first-order valence-corrected chi connectivity index (χ1v) is 9.15. The third kappa shape index (κ3) is 4.00. The second-order valence-corrected chi connectivity index (χ2v) is 7.16. The molecule has 1 saturated heterocycles. The number of nitrogens with two attached hydrogens (primary N) is 1. The van der Waals surface area contributed by atoms with E-state index in [0.29, 0.717) is 32.8 Å². The van der Waals surface area contributed by atoms with Gasteiger partial charge in [0, 0.05) is 38.1 Å². The third-order valence-corrected chi connectivity index (χ3v) is 5.19. The van der Waals surface area contributed by atoms with Gasteiger partial charge in [-0.1, -0.05) is 36.4 Å². The number of rotatable bonds is 5. The van der Waals surface area contributed by atoms with Gasteiger partial charge in [-0.3, -0.25) is 4.90 Å². The smallest absolute Gasteiger partial charge is 0.276 e. The Labute approximate surface area is 136 Å². The van der Waals surface area contributed by atoms with Crippen LogP contribution in [0.4, 0.5) is 0 Å². The van der Waals surface area contributed by atoms with Gasteiger partial charge in [0.2, 0.25) is 0 Å². The molecule has 6 nitrogen and oxygen atoms in total. The van der Waals surface area contributed by atoms with Crippen molar-refractivity contribution in [3.8, 4) is 5.75 Å². The Kier molecular flexibility index (Phi) is 4.82. The Morgan fingerprint density at radius 2 is 1.70 bits per heavy atom. The van der Waals surface area contributed by atoms with Gasteiger partial charge in [-0.2, -0.15) is 12.7 Å². The Bertz CT molecular complexity index is 766. The Morgan fingerprint density at radius 1 is 1.00 bits per heavy atom. The molecule has 23 heavy (non-hydrogen) atoms.